The third kappa shape index (κ3) is 1.81. The summed E-state index contributed by atoms with van der Waals surface area (Å²) in [5, 5.41) is 12.9. The molecule has 0 radical (unpaired) electrons. The van der Waals surface area contributed by atoms with Gasteiger partial charge in [-0.3, -0.25) is 9.48 Å². The number of carbonyl (C=O) groups is 2. The zero-order valence-corrected chi connectivity index (χ0v) is 10.2. The van der Waals surface area contributed by atoms with E-state index in [2.05, 4.69) is 5.10 Å². The molecule has 2 rings (SSSR count). The van der Waals surface area contributed by atoms with Gasteiger partial charge in [0.05, 0.1) is 11.3 Å². The molecule has 6 heteroatoms. The van der Waals surface area contributed by atoms with Gasteiger partial charge >= 0.3 is 5.97 Å². The first-order valence-corrected chi connectivity index (χ1v) is 5.30. The lowest BCUT2D eigenvalue weighted by Gasteiger charge is -1.98. The number of carbonyl (C=O) groups excluding carboxylic acids is 1. The van der Waals surface area contributed by atoms with Crippen molar-refractivity contribution in [3.05, 3.63) is 40.6 Å². The molecule has 0 aliphatic carbocycles. The lowest BCUT2D eigenvalue weighted by Crippen LogP contribution is -2.04. The second-order valence-corrected chi connectivity index (χ2v) is 3.97. The molecule has 0 fully saturated rings. The zero-order valence-electron chi connectivity index (χ0n) is 10.2. The molecule has 6 nitrogen and oxygen atoms in total. The molecule has 2 heterocycles. The van der Waals surface area contributed by atoms with Crippen LogP contribution >= 0.6 is 0 Å². The topological polar surface area (TPSA) is 85.3 Å². The summed E-state index contributed by atoms with van der Waals surface area (Å²) in [6, 6.07) is 2.62. The van der Waals surface area contributed by atoms with Crippen LogP contribution in [0.2, 0.25) is 0 Å². The normalized spacial score (nSPS) is 10.6. The van der Waals surface area contributed by atoms with Gasteiger partial charge in [-0.25, -0.2) is 4.79 Å². The van der Waals surface area contributed by atoms with Crippen molar-refractivity contribution in [1.82, 2.24) is 9.78 Å². The predicted octanol–water partition coefficient (Wildman–Crippen LogP) is 1.56. The number of rotatable bonds is 3. The number of carboxylic acid groups (broad SMARTS) is 1. The van der Waals surface area contributed by atoms with Crippen LogP contribution in [0.4, 0.5) is 0 Å². The van der Waals surface area contributed by atoms with Gasteiger partial charge in [0.1, 0.15) is 0 Å². The molecule has 0 atom stereocenters. The molecule has 0 aromatic carbocycles. The molecule has 0 aliphatic heterocycles. The molecule has 1 N–H and O–H groups in total. The predicted molar refractivity (Wildman–Crippen MR) is 61.8 cm³/mol. The highest BCUT2D eigenvalue weighted by molar-refractivity contribution is 6.09. The number of furan rings is 1. The second kappa shape index (κ2) is 4.14. The van der Waals surface area contributed by atoms with Crippen molar-refractivity contribution in [1.29, 1.82) is 0 Å². The van der Waals surface area contributed by atoms with Gasteiger partial charge in [-0.05, 0) is 26.0 Å². The van der Waals surface area contributed by atoms with Gasteiger partial charge in [0, 0.05) is 12.7 Å². The first-order valence-electron chi connectivity index (χ1n) is 5.30. The summed E-state index contributed by atoms with van der Waals surface area (Å²) in [5.41, 5.74) is 1.75. The number of hydrogen-bond donors (Lipinski definition) is 1. The van der Waals surface area contributed by atoms with Crippen molar-refractivity contribution in [2.45, 2.75) is 13.8 Å². The van der Waals surface area contributed by atoms with Crippen molar-refractivity contribution in [2.24, 2.45) is 7.05 Å². The Balaban J connectivity index is 2.44. The van der Waals surface area contributed by atoms with E-state index in [1.807, 2.05) is 0 Å². The Bertz CT molecular complexity index is 637. The van der Waals surface area contributed by atoms with Crippen LogP contribution in [0.3, 0.4) is 0 Å². The average molecular weight is 248 g/mol. The SMILES string of the molecule is Cc1nn(C)c(C)c1C(=O)c1ccc(C(=O)O)o1. The number of nitrogens with zero attached hydrogens (tertiary/aromatic N) is 2. The smallest absolute Gasteiger partial charge is 0.371 e. The van der Waals surface area contributed by atoms with Crippen LogP contribution in [0.1, 0.15) is 38.1 Å². The fourth-order valence-corrected chi connectivity index (χ4v) is 1.80. The van der Waals surface area contributed by atoms with E-state index >= 15 is 0 Å². The van der Waals surface area contributed by atoms with Gasteiger partial charge < -0.3 is 9.52 Å². The highest BCUT2D eigenvalue weighted by atomic mass is 16.4. The quantitative estimate of drug-likeness (QED) is 0.833. The summed E-state index contributed by atoms with van der Waals surface area (Å²) < 4.78 is 6.60. The largest absolute Gasteiger partial charge is 0.475 e. The van der Waals surface area contributed by atoms with E-state index in [0.717, 1.165) is 0 Å². The first kappa shape index (κ1) is 12.1. The molecular weight excluding hydrogens is 236 g/mol. The minimum atomic E-state index is -1.20. The summed E-state index contributed by atoms with van der Waals surface area (Å²) in [4.78, 5) is 22.9. The van der Waals surface area contributed by atoms with Crippen molar-refractivity contribution in [3.8, 4) is 0 Å². The summed E-state index contributed by atoms with van der Waals surface area (Å²) in [6.45, 7) is 3.50. The summed E-state index contributed by atoms with van der Waals surface area (Å²) in [6.07, 6.45) is 0. The number of aryl methyl sites for hydroxylation is 2. The Hall–Kier alpha value is -2.37. The van der Waals surface area contributed by atoms with Crippen molar-refractivity contribution < 1.29 is 19.1 Å². The average Bonchev–Trinajstić information content (AvgIpc) is 2.85. The first-order chi connectivity index (χ1) is 8.41. The van der Waals surface area contributed by atoms with Gasteiger partial charge in [-0.1, -0.05) is 0 Å². The maximum absolute atomic E-state index is 12.2. The van der Waals surface area contributed by atoms with E-state index in [0.29, 0.717) is 17.0 Å². The Labute approximate surface area is 103 Å². The van der Waals surface area contributed by atoms with Crippen LogP contribution in [0.25, 0.3) is 0 Å². The lowest BCUT2D eigenvalue weighted by atomic mass is 10.1. The van der Waals surface area contributed by atoms with Gasteiger partial charge in [-0.2, -0.15) is 5.10 Å². The maximum Gasteiger partial charge on any atom is 0.371 e. The molecule has 2 aromatic rings. The third-order valence-corrected chi connectivity index (χ3v) is 2.78. The summed E-state index contributed by atoms with van der Waals surface area (Å²) >= 11 is 0. The number of ketones is 1. The Morgan fingerprint density at radius 2 is 1.89 bits per heavy atom. The van der Waals surface area contributed by atoms with Crippen molar-refractivity contribution >= 4 is 11.8 Å². The molecule has 2 aromatic heterocycles. The fourth-order valence-electron chi connectivity index (χ4n) is 1.80. The Morgan fingerprint density at radius 1 is 1.28 bits per heavy atom. The minimum absolute atomic E-state index is 0.00611. The molecule has 0 aliphatic rings. The Morgan fingerprint density at radius 3 is 2.33 bits per heavy atom. The van der Waals surface area contributed by atoms with Crippen molar-refractivity contribution in [3.63, 3.8) is 0 Å². The van der Waals surface area contributed by atoms with E-state index < -0.39 is 5.97 Å². The van der Waals surface area contributed by atoms with Gasteiger partial charge in [0.2, 0.25) is 11.5 Å². The molecular formula is C12H12N2O4. The Kier molecular flexibility index (Phi) is 2.78. The van der Waals surface area contributed by atoms with Crippen LogP contribution < -0.4 is 0 Å². The number of aromatic carboxylic acids is 1. The van der Waals surface area contributed by atoms with E-state index in [1.54, 1.807) is 25.6 Å². The van der Waals surface area contributed by atoms with E-state index in [4.69, 9.17) is 9.52 Å². The number of aromatic nitrogens is 2. The number of hydrogen-bond acceptors (Lipinski definition) is 4. The third-order valence-electron chi connectivity index (χ3n) is 2.78. The highest BCUT2D eigenvalue weighted by Crippen LogP contribution is 2.19. The molecule has 0 saturated heterocycles. The van der Waals surface area contributed by atoms with E-state index in [1.165, 1.54) is 12.1 Å². The molecule has 0 unspecified atom stereocenters. The second-order valence-electron chi connectivity index (χ2n) is 3.97. The molecule has 18 heavy (non-hydrogen) atoms. The van der Waals surface area contributed by atoms with Crippen LogP contribution in [0, 0.1) is 13.8 Å². The fraction of sp³-hybridized carbons (Fsp3) is 0.250. The monoisotopic (exact) mass is 248 g/mol. The van der Waals surface area contributed by atoms with E-state index in [9.17, 15) is 9.59 Å². The zero-order chi connectivity index (χ0) is 13.4. The minimum Gasteiger partial charge on any atom is -0.475 e. The summed E-state index contributed by atoms with van der Waals surface area (Å²) in [5.74, 6) is -1.80. The van der Waals surface area contributed by atoms with E-state index in [-0.39, 0.29) is 17.3 Å². The van der Waals surface area contributed by atoms with Gasteiger partial charge in [-0.15, -0.1) is 0 Å². The molecule has 0 spiro atoms. The van der Waals surface area contributed by atoms with Crippen LogP contribution in [-0.4, -0.2) is 26.6 Å². The lowest BCUT2D eigenvalue weighted by molar-refractivity contribution is 0.0660. The van der Waals surface area contributed by atoms with Gasteiger partial charge in [0.15, 0.2) is 5.76 Å². The van der Waals surface area contributed by atoms with Gasteiger partial charge in [0.25, 0.3) is 0 Å². The number of carboxylic acids is 1. The van der Waals surface area contributed by atoms with Crippen LogP contribution in [-0.2, 0) is 7.05 Å². The molecule has 0 amide bonds. The van der Waals surface area contributed by atoms with Crippen LogP contribution in [0.5, 0.6) is 0 Å². The van der Waals surface area contributed by atoms with Crippen molar-refractivity contribution in [2.75, 3.05) is 0 Å². The van der Waals surface area contributed by atoms with Crippen LogP contribution in [0.15, 0.2) is 16.5 Å². The molecule has 94 valence electrons. The summed E-state index contributed by atoms with van der Waals surface area (Å²) in [7, 11) is 1.74. The molecule has 0 bridgehead atoms. The maximum atomic E-state index is 12.2. The standard InChI is InChI=1S/C12H12N2O4/c1-6-10(7(2)14(3)13-6)11(15)8-4-5-9(18-8)12(16)17/h4-5H,1-3H3,(H,16,17). The highest BCUT2D eigenvalue weighted by Gasteiger charge is 2.22. The molecule has 0 saturated carbocycles.